The van der Waals surface area contributed by atoms with E-state index in [0.29, 0.717) is 33.8 Å². The Morgan fingerprint density at radius 3 is 2.83 bits per heavy atom. The molecule has 0 unspecified atom stereocenters. The maximum Gasteiger partial charge on any atom is 0.349 e. The Kier molecular flexibility index (Phi) is 4.06. The Morgan fingerprint density at radius 2 is 2.00 bits per heavy atom. The molecule has 1 aliphatic rings. The van der Waals surface area contributed by atoms with Gasteiger partial charge in [0.25, 0.3) is 5.91 Å². The van der Waals surface area contributed by atoms with Crippen molar-refractivity contribution in [3.8, 4) is 11.5 Å². The topological polar surface area (TPSA) is 83.0 Å². The molecule has 0 fully saturated rings. The molecule has 3 heterocycles. The summed E-state index contributed by atoms with van der Waals surface area (Å²) < 4.78 is 18.9. The lowest BCUT2D eigenvalue weighted by atomic mass is 10.2. The second-order valence-electron chi connectivity index (χ2n) is 6.36. The van der Waals surface area contributed by atoms with Crippen molar-refractivity contribution in [2.45, 2.75) is 6.54 Å². The first-order valence-electron chi connectivity index (χ1n) is 8.80. The van der Waals surface area contributed by atoms with E-state index in [0.717, 1.165) is 10.2 Å². The summed E-state index contributed by atoms with van der Waals surface area (Å²) in [5.41, 5.74) is 0.443. The Labute approximate surface area is 167 Å². The highest BCUT2D eigenvalue weighted by Crippen LogP contribution is 2.37. The molecule has 0 saturated heterocycles. The maximum atomic E-state index is 12.8. The van der Waals surface area contributed by atoms with Crippen molar-refractivity contribution in [1.82, 2.24) is 4.57 Å². The fourth-order valence-electron chi connectivity index (χ4n) is 3.21. The Morgan fingerprint density at radius 1 is 1.21 bits per heavy atom. The molecule has 0 aliphatic carbocycles. The van der Waals surface area contributed by atoms with E-state index in [9.17, 15) is 9.59 Å². The zero-order valence-corrected chi connectivity index (χ0v) is 15.9. The smallest absolute Gasteiger partial charge is 0.349 e. The van der Waals surface area contributed by atoms with Gasteiger partial charge in [0.15, 0.2) is 16.3 Å². The summed E-state index contributed by atoms with van der Waals surface area (Å²) in [5, 5.41) is 0.659. The molecule has 0 N–H and O–H groups in total. The van der Waals surface area contributed by atoms with Gasteiger partial charge in [-0.1, -0.05) is 35.6 Å². The summed E-state index contributed by atoms with van der Waals surface area (Å²) in [5.74, 6) is 0.632. The third kappa shape index (κ3) is 2.94. The number of thiazole rings is 1. The number of carbonyl (C=O) groups excluding carboxylic acids is 1. The average Bonchev–Trinajstić information content (AvgIpc) is 3.30. The van der Waals surface area contributed by atoms with Gasteiger partial charge in [0.1, 0.15) is 11.1 Å². The van der Waals surface area contributed by atoms with Crippen LogP contribution in [0.3, 0.4) is 0 Å². The number of ether oxygens (including phenoxy) is 2. The van der Waals surface area contributed by atoms with E-state index >= 15 is 0 Å². The van der Waals surface area contributed by atoms with Gasteiger partial charge in [-0.3, -0.25) is 4.79 Å². The van der Waals surface area contributed by atoms with Crippen LogP contribution >= 0.6 is 11.3 Å². The number of para-hydroxylation sites is 1. The van der Waals surface area contributed by atoms with E-state index in [1.807, 2.05) is 16.7 Å². The number of allylic oxidation sites excluding steroid dienone is 1. The molecule has 0 atom stereocenters. The van der Waals surface area contributed by atoms with Gasteiger partial charge in [-0.25, -0.2) is 4.79 Å². The van der Waals surface area contributed by atoms with Crippen LogP contribution in [0.15, 0.2) is 69.3 Å². The fraction of sp³-hybridized carbons (Fsp3) is 0.0952. The molecular weight excluding hydrogens is 392 g/mol. The van der Waals surface area contributed by atoms with E-state index in [-0.39, 0.29) is 12.4 Å². The van der Waals surface area contributed by atoms with Gasteiger partial charge in [-0.15, -0.1) is 6.58 Å². The summed E-state index contributed by atoms with van der Waals surface area (Å²) in [6.45, 7) is 4.40. The van der Waals surface area contributed by atoms with Crippen LogP contribution in [0, 0.1) is 0 Å². The minimum Gasteiger partial charge on any atom is -0.454 e. The summed E-state index contributed by atoms with van der Waals surface area (Å²) in [7, 11) is 0. The lowest BCUT2D eigenvalue weighted by Crippen LogP contribution is -2.19. The zero-order chi connectivity index (χ0) is 20.0. The molecule has 29 heavy (non-hydrogen) atoms. The molecule has 7 nitrogen and oxygen atoms in total. The van der Waals surface area contributed by atoms with E-state index in [4.69, 9.17) is 13.9 Å². The third-order valence-corrected chi connectivity index (χ3v) is 5.60. The van der Waals surface area contributed by atoms with Crippen molar-refractivity contribution in [2.24, 2.45) is 4.99 Å². The van der Waals surface area contributed by atoms with Crippen LogP contribution < -0.4 is 19.9 Å². The molecule has 5 rings (SSSR count). The standard InChI is InChI=1S/C21H14N2O5S/c1-2-7-23-14-9-16-17(27-11-26-16)10-18(14)29-21(23)22-19(24)13-8-12-5-3-4-6-15(12)28-20(13)25/h2-6,8-10H,1,7,11H2. The molecule has 0 bridgehead atoms. The largest absolute Gasteiger partial charge is 0.454 e. The predicted molar refractivity (Wildman–Crippen MR) is 109 cm³/mol. The second-order valence-corrected chi connectivity index (χ2v) is 7.37. The van der Waals surface area contributed by atoms with Gasteiger partial charge in [0, 0.05) is 24.1 Å². The monoisotopic (exact) mass is 406 g/mol. The second kappa shape index (κ2) is 6.75. The number of hydrogen-bond acceptors (Lipinski definition) is 6. The molecule has 1 aliphatic heterocycles. The number of carbonyl (C=O) groups is 1. The van der Waals surface area contributed by atoms with Crippen molar-refractivity contribution in [3.05, 3.63) is 75.9 Å². The molecule has 4 aromatic rings. The average molecular weight is 406 g/mol. The van der Waals surface area contributed by atoms with Crippen molar-refractivity contribution < 1.29 is 18.7 Å². The van der Waals surface area contributed by atoms with E-state index in [2.05, 4.69) is 11.6 Å². The molecular formula is C21H14N2O5S. The number of amides is 1. The fourth-order valence-corrected chi connectivity index (χ4v) is 4.26. The highest BCUT2D eigenvalue weighted by molar-refractivity contribution is 7.16. The van der Waals surface area contributed by atoms with Gasteiger partial charge in [-0.05, 0) is 12.1 Å². The first-order valence-corrected chi connectivity index (χ1v) is 9.61. The molecule has 0 radical (unpaired) electrons. The first-order chi connectivity index (χ1) is 14.1. The molecule has 0 spiro atoms. The summed E-state index contributed by atoms with van der Waals surface area (Å²) in [6, 6.07) is 12.2. The number of aromatic nitrogens is 1. The summed E-state index contributed by atoms with van der Waals surface area (Å²) in [6.07, 6.45) is 1.71. The lowest BCUT2D eigenvalue weighted by molar-refractivity contribution is 0.0994. The van der Waals surface area contributed by atoms with Gasteiger partial charge < -0.3 is 18.5 Å². The van der Waals surface area contributed by atoms with E-state index < -0.39 is 11.5 Å². The van der Waals surface area contributed by atoms with E-state index in [1.54, 1.807) is 30.3 Å². The minimum atomic E-state index is -0.713. The maximum absolute atomic E-state index is 12.8. The molecule has 8 heteroatoms. The van der Waals surface area contributed by atoms with Crippen molar-refractivity contribution in [1.29, 1.82) is 0 Å². The number of rotatable bonds is 3. The Hall–Kier alpha value is -3.65. The van der Waals surface area contributed by atoms with Crippen LogP contribution in [0.25, 0.3) is 21.2 Å². The highest BCUT2D eigenvalue weighted by atomic mass is 32.1. The normalized spacial score (nSPS) is 13.3. The first kappa shape index (κ1) is 17.4. The third-order valence-electron chi connectivity index (χ3n) is 4.56. The molecule has 2 aromatic carbocycles. The number of benzene rings is 2. The van der Waals surface area contributed by atoms with Gasteiger partial charge in [-0.2, -0.15) is 4.99 Å². The van der Waals surface area contributed by atoms with Crippen LogP contribution in [0.2, 0.25) is 0 Å². The zero-order valence-electron chi connectivity index (χ0n) is 15.1. The number of fused-ring (bicyclic) bond motifs is 3. The highest BCUT2D eigenvalue weighted by Gasteiger charge is 2.18. The van der Waals surface area contributed by atoms with Crippen molar-refractivity contribution >= 4 is 38.4 Å². The molecule has 0 saturated carbocycles. The molecule has 1 amide bonds. The van der Waals surface area contributed by atoms with Crippen LogP contribution in [0.4, 0.5) is 0 Å². The molecule has 2 aromatic heterocycles. The lowest BCUT2D eigenvalue weighted by Gasteiger charge is -2.02. The van der Waals surface area contributed by atoms with Crippen LogP contribution in [-0.4, -0.2) is 17.3 Å². The SMILES string of the molecule is C=CCn1c(=NC(=O)c2cc3ccccc3oc2=O)sc2cc3c(cc21)OCO3. The summed E-state index contributed by atoms with van der Waals surface area (Å²) >= 11 is 1.32. The minimum absolute atomic E-state index is 0.111. The quantitative estimate of drug-likeness (QED) is 0.384. The molecule has 144 valence electrons. The van der Waals surface area contributed by atoms with Crippen LogP contribution in [0.5, 0.6) is 11.5 Å². The van der Waals surface area contributed by atoms with E-state index in [1.165, 1.54) is 17.4 Å². The van der Waals surface area contributed by atoms with Crippen LogP contribution in [-0.2, 0) is 6.54 Å². The van der Waals surface area contributed by atoms with Crippen LogP contribution in [0.1, 0.15) is 10.4 Å². The van der Waals surface area contributed by atoms with Crippen molar-refractivity contribution in [2.75, 3.05) is 6.79 Å². The number of hydrogen-bond donors (Lipinski definition) is 0. The van der Waals surface area contributed by atoms with Gasteiger partial charge in [0.2, 0.25) is 6.79 Å². The summed E-state index contributed by atoms with van der Waals surface area (Å²) in [4.78, 5) is 29.7. The predicted octanol–water partition coefficient (Wildman–Crippen LogP) is 3.47. The Bertz CT molecular complexity index is 1430. The number of nitrogens with zero attached hydrogens (tertiary/aromatic N) is 2. The van der Waals surface area contributed by atoms with Gasteiger partial charge in [0.05, 0.1) is 10.2 Å². The van der Waals surface area contributed by atoms with Crippen molar-refractivity contribution in [3.63, 3.8) is 0 Å². The van der Waals surface area contributed by atoms with Gasteiger partial charge >= 0.3 is 5.63 Å². The Balaban J connectivity index is 1.67.